The summed E-state index contributed by atoms with van der Waals surface area (Å²) in [6.45, 7) is 4.15. The van der Waals surface area contributed by atoms with Gasteiger partial charge in [-0.25, -0.2) is 0 Å². The van der Waals surface area contributed by atoms with E-state index in [1.807, 2.05) is 12.3 Å². The van der Waals surface area contributed by atoms with Crippen molar-refractivity contribution in [1.82, 2.24) is 10.3 Å². The van der Waals surface area contributed by atoms with Crippen LogP contribution < -0.4 is 5.32 Å². The molecular formula is C15H18N2. The molecule has 1 aromatic heterocycles. The normalized spacial score (nSPS) is 11.4. The lowest BCUT2D eigenvalue weighted by Gasteiger charge is -2.01. The van der Waals surface area contributed by atoms with E-state index in [-0.39, 0.29) is 0 Å². The van der Waals surface area contributed by atoms with Crippen LogP contribution in [0.25, 0.3) is 17.0 Å². The molecule has 2 rings (SSSR count). The molecule has 1 aromatic carbocycles. The van der Waals surface area contributed by atoms with Gasteiger partial charge in [0.2, 0.25) is 0 Å². The van der Waals surface area contributed by atoms with E-state index >= 15 is 0 Å². The van der Waals surface area contributed by atoms with Crippen LogP contribution in [0.1, 0.15) is 18.9 Å². The van der Waals surface area contributed by atoms with Crippen molar-refractivity contribution in [2.75, 3.05) is 13.1 Å². The Kier molecular flexibility index (Phi) is 4.28. The molecule has 17 heavy (non-hydrogen) atoms. The second-order valence-electron chi connectivity index (χ2n) is 4.03. The van der Waals surface area contributed by atoms with Crippen LogP contribution in [0.3, 0.4) is 0 Å². The van der Waals surface area contributed by atoms with Gasteiger partial charge < -0.3 is 5.32 Å². The second kappa shape index (κ2) is 6.16. The first-order valence-corrected chi connectivity index (χ1v) is 6.13. The summed E-state index contributed by atoms with van der Waals surface area (Å²) >= 11 is 0. The molecule has 0 amide bonds. The van der Waals surface area contributed by atoms with E-state index in [0.29, 0.717) is 0 Å². The van der Waals surface area contributed by atoms with Gasteiger partial charge in [0.1, 0.15) is 0 Å². The van der Waals surface area contributed by atoms with Crippen molar-refractivity contribution in [2.45, 2.75) is 13.3 Å². The van der Waals surface area contributed by atoms with Crippen molar-refractivity contribution in [3.05, 3.63) is 48.2 Å². The van der Waals surface area contributed by atoms with Crippen molar-refractivity contribution in [2.24, 2.45) is 0 Å². The fraction of sp³-hybridized carbons (Fsp3) is 0.267. The SMILES string of the molecule is CCCNCC=Cc1cccc2cccnc12. The molecule has 0 unspecified atom stereocenters. The van der Waals surface area contributed by atoms with Crippen LogP contribution in [0.4, 0.5) is 0 Å². The average molecular weight is 226 g/mol. The van der Waals surface area contributed by atoms with Gasteiger partial charge in [-0.05, 0) is 19.0 Å². The minimum Gasteiger partial charge on any atom is -0.313 e. The number of hydrogen-bond donors (Lipinski definition) is 1. The van der Waals surface area contributed by atoms with Crippen molar-refractivity contribution in [1.29, 1.82) is 0 Å². The fourth-order valence-corrected chi connectivity index (χ4v) is 1.81. The Morgan fingerprint density at radius 2 is 2.12 bits per heavy atom. The first kappa shape index (κ1) is 11.8. The van der Waals surface area contributed by atoms with Gasteiger partial charge in [-0.2, -0.15) is 0 Å². The topological polar surface area (TPSA) is 24.9 Å². The Labute approximate surface area is 102 Å². The number of benzene rings is 1. The molecule has 0 aliphatic carbocycles. The largest absolute Gasteiger partial charge is 0.313 e. The maximum absolute atomic E-state index is 4.42. The van der Waals surface area contributed by atoms with Gasteiger partial charge in [-0.1, -0.05) is 43.3 Å². The first-order valence-electron chi connectivity index (χ1n) is 6.13. The fourth-order valence-electron chi connectivity index (χ4n) is 1.81. The molecule has 0 atom stereocenters. The molecule has 0 radical (unpaired) electrons. The lowest BCUT2D eigenvalue weighted by atomic mass is 10.1. The van der Waals surface area contributed by atoms with Crippen LogP contribution in [0, 0.1) is 0 Å². The van der Waals surface area contributed by atoms with Gasteiger partial charge in [0.15, 0.2) is 0 Å². The summed E-state index contributed by atoms with van der Waals surface area (Å²) in [7, 11) is 0. The first-order chi connectivity index (χ1) is 8.42. The number of rotatable bonds is 5. The molecule has 0 aliphatic rings. The van der Waals surface area contributed by atoms with Crippen LogP contribution >= 0.6 is 0 Å². The van der Waals surface area contributed by atoms with Gasteiger partial charge in [0.25, 0.3) is 0 Å². The van der Waals surface area contributed by atoms with E-state index in [0.717, 1.165) is 18.6 Å². The Morgan fingerprint density at radius 1 is 1.24 bits per heavy atom. The molecule has 2 heteroatoms. The number of nitrogens with one attached hydrogen (secondary N) is 1. The highest BCUT2D eigenvalue weighted by molar-refractivity contribution is 5.86. The standard InChI is InChI=1S/C15H18N2/c1-2-10-16-11-4-8-13-6-3-7-14-9-5-12-17-15(13)14/h3-9,12,16H,2,10-11H2,1H3. The zero-order valence-corrected chi connectivity index (χ0v) is 10.2. The minimum atomic E-state index is 0.914. The monoisotopic (exact) mass is 226 g/mol. The zero-order valence-electron chi connectivity index (χ0n) is 10.2. The van der Waals surface area contributed by atoms with Crippen LogP contribution in [0.5, 0.6) is 0 Å². The van der Waals surface area contributed by atoms with Crippen molar-refractivity contribution in [3.8, 4) is 0 Å². The Balaban J connectivity index is 2.13. The summed E-state index contributed by atoms with van der Waals surface area (Å²) in [4.78, 5) is 4.42. The third kappa shape index (κ3) is 3.14. The van der Waals surface area contributed by atoms with Crippen LogP contribution in [0.15, 0.2) is 42.6 Å². The molecule has 0 aliphatic heterocycles. The summed E-state index contributed by atoms with van der Waals surface area (Å²) in [5, 5.41) is 4.54. The minimum absolute atomic E-state index is 0.914. The van der Waals surface area contributed by atoms with E-state index in [4.69, 9.17) is 0 Å². The summed E-state index contributed by atoms with van der Waals surface area (Å²) in [5.74, 6) is 0. The van der Waals surface area contributed by atoms with Gasteiger partial charge >= 0.3 is 0 Å². The molecule has 0 bridgehead atoms. The number of fused-ring (bicyclic) bond motifs is 1. The number of para-hydroxylation sites is 1. The average Bonchev–Trinajstić information content (AvgIpc) is 2.39. The molecule has 1 N–H and O–H groups in total. The van der Waals surface area contributed by atoms with Crippen molar-refractivity contribution < 1.29 is 0 Å². The summed E-state index contributed by atoms with van der Waals surface area (Å²) in [5.41, 5.74) is 2.25. The van der Waals surface area contributed by atoms with Crippen molar-refractivity contribution in [3.63, 3.8) is 0 Å². The number of nitrogens with zero attached hydrogens (tertiary/aromatic N) is 1. The number of pyridine rings is 1. The molecule has 0 saturated carbocycles. The van der Waals surface area contributed by atoms with Crippen LogP contribution in [-0.2, 0) is 0 Å². The third-order valence-electron chi connectivity index (χ3n) is 2.65. The predicted octanol–water partition coefficient (Wildman–Crippen LogP) is 3.25. The maximum atomic E-state index is 4.42. The highest BCUT2D eigenvalue weighted by Gasteiger charge is 1.96. The van der Waals surface area contributed by atoms with E-state index < -0.39 is 0 Å². The summed E-state index contributed by atoms with van der Waals surface area (Å²) in [6.07, 6.45) is 7.30. The van der Waals surface area contributed by atoms with Crippen molar-refractivity contribution >= 4 is 17.0 Å². The second-order valence-corrected chi connectivity index (χ2v) is 4.03. The van der Waals surface area contributed by atoms with E-state index in [1.54, 1.807) is 0 Å². The van der Waals surface area contributed by atoms with Crippen LogP contribution in [-0.4, -0.2) is 18.1 Å². The lowest BCUT2D eigenvalue weighted by molar-refractivity contribution is 0.730. The molecule has 2 aromatic rings. The number of aromatic nitrogens is 1. The lowest BCUT2D eigenvalue weighted by Crippen LogP contribution is -2.13. The quantitative estimate of drug-likeness (QED) is 0.792. The highest BCUT2D eigenvalue weighted by Crippen LogP contribution is 2.16. The van der Waals surface area contributed by atoms with Gasteiger partial charge in [0, 0.05) is 23.7 Å². The molecule has 1 heterocycles. The van der Waals surface area contributed by atoms with Gasteiger partial charge in [-0.15, -0.1) is 0 Å². The highest BCUT2D eigenvalue weighted by atomic mass is 14.8. The van der Waals surface area contributed by atoms with E-state index in [1.165, 1.54) is 17.4 Å². The van der Waals surface area contributed by atoms with E-state index in [2.05, 4.69) is 53.6 Å². The smallest absolute Gasteiger partial charge is 0.0774 e. The Hall–Kier alpha value is -1.67. The Bertz CT molecular complexity index is 498. The zero-order chi connectivity index (χ0) is 11.9. The van der Waals surface area contributed by atoms with Gasteiger partial charge in [-0.3, -0.25) is 4.98 Å². The molecule has 0 spiro atoms. The van der Waals surface area contributed by atoms with Crippen LogP contribution in [0.2, 0.25) is 0 Å². The Morgan fingerprint density at radius 3 is 3.00 bits per heavy atom. The van der Waals surface area contributed by atoms with E-state index in [9.17, 15) is 0 Å². The molecule has 88 valence electrons. The molecule has 0 fully saturated rings. The third-order valence-corrected chi connectivity index (χ3v) is 2.65. The maximum Gasteiger partial charge on any atom is 0.0774 e. The molecule has 2 nitrogen and oxygen atoms in total. The summed E-state index contributed by atoms with van der Waals surface area (Å²) < 4.78 is 0. The predicted molar refractivity (Wildman–Crippen MR) is 73.9 cm³/mol. The molecular weight excluding hydrogens is 208 g/mol. The molecule has 0 saturated heterocycles. The number of hydrogen-bond acceptors (Lipinski definition) is 2. The van der Waals surface area contributed by atoms with Gasteiger partial charge in [0.05, 0.1) is 5.52 Å². The summed E-state index contributed by atoms with van der Waals surface area (Å²) in [6, 6.07) is 10.3.